The number of thioether (sulfide) groups is 1. The molecule has 1 unspecified atom stereocenters. The quantitative estimate of drug-likeness (QED) is 0.786. The van der Waals surface area contributed by atoms with Gasteiger partial charge in [0.2, 0.25) is 5.91 Å². The van der Waals surface area contributed by atoms with Crippen LogP contribution in [0, 0.1) is 0 Å². The lowest BCUT2D eigenvalue weighted by Gasteiger charge is -2.14. The number of amides is 1. The van der Waals surface area contributed by atoms with Crippen molar-refractivity contribution in [2.45, 2.75) is 18.6 Å². The molecule has 1 fully saturated rings. The molecule has 22 heavy (non-hydrogen) atoms. The van der Waals surface area contributed by atoms with Crippen LogP contribution in [-0.4, -0.2) is 27.8 Å². The highest BCUT2D eigenvalue weighted by Crippen LogP contribution is 2.33. The normalized spacial score (nSPS) is 20.0. The fraction of sp³-hybridized carbons (Fsp3) is 0.222. The Morgan fingerprint density at radius 2 is 2.05 bits per heavy atom. The van der Waals surface area contributed by atoms with E-state index in [9.17, 15) is 4.79 Å². The van der Waals surface area contributed by atoms with E-state index >= 15 is 0 Å². The first-order valence-corrected chi connectivity index (χ1v) is 8.28. The zero-order chi connectivity index (χ0) is 15.5. The van der Waals surface area contributed by atoms with E-state index in [2.05, 4.69) is 24.8 Å². The van der Waals surface area contributed by atoms with Gasteiger partial charge in [0.05, 0.1) is 10.9 Å². The van der Waals surface area contributed by atoms with Crippen LogP contribution >= 0.6 is 11.8 Å². The van der Waals surface area contributed by atoms with Gasteiger partial charge in [-0.25, -0.2) is 4.99 Å². The number of benzene rings is 2. The molecule has 0 saturated carbocycles. The van der Waals surface area contributed by atoms with Gasteiger partial charge in [0, 0.05) is 11.9 Å². The average molecular weight is 310 g/mol. The number of rotatable bonds is 4. The highest BCUT2D eigenvalue weighted by molar-refractivity contribution is 8.15. The number of nitrogens with zero attached hydrogens (tertiary/aromatic N) is 2. The third-order valence-corrected chi connectivity index (χ3v) is 5.03. The molecule has 0 aliphatic carbocycles. The third kappa shape index (κ3) is 2.66. The van der Waals surface area contributed by atoms with Gasteiger partial charge in [0.1, 0.15) is 0 Å². The lowest BCUT2D eigenvalue weighted by molar-refractivity contribution is -0.125. The number of aliphatic imine (C=N–C) groups is 1. The Bertz CT molecular complexity index is 748. The van der Waals surface area contributed by atoms with E-state index in [1.54, 1.807) is 22.7 Å². The average Bonchev–Trinajstić information content (AvgIpc) is 2.84. The topological polar surface area (TPSA) is 32.7 Å². The zero-order valence-electron chi connectivity index (χ0n) is 12.5. The van der Waals surface area contributed by atoms with Crippen LogP contribution in [0.15, 0.2) is 60.1 Å². The second-order valence-electron chi connectivity index (χ2n) is 5.14. The maximum absolute atomic E-state index is 12.4. The molecule has 1 aliphatic heterocycles. The van der Waals surface area contributed by atoms with Gasteiger partial charge in [-0.3, -0.25) is 9.69 Å². The molecule has 2 aromatic rings. The Morgan fingerprint density at radius 1 is 1.27 bits per heavy atom. The van der Waals surface area contributed by atoms with Crippen molar-refractivity contribution < 1.29 is 4.79 Å². The standard InChI is InChI=1S/C18H18N2OS/c1-3-12-20-17(21)16(4-2)22-18(20)19-15-11-7-9-13-8-5-6-10-14(13)15/h3,5-11,16H,1,4,12H2,2H3. The molecule has 1 heterocycles. The van der Waals surface area contributed by atoms with Crippen molar-refractivity contribution in [3.63, 3.8) is 0 Å². The number of fused-ring (bicyclic) bond motifs is 1. The van der Waals surface area contributed by atoms with E-state index in [4.69, 9.17) is 4.99 Å². The number of carbonyl (C=O) groups is 1. The van der Waals surface area contributed by atoms with Crippen molar-refractivity contribution in [2.75, 3.05) is 6.54 Å². The Kier molecular flexibility index (Phi) is 4.29. The van der Waals surface area contributed by atoms with E-state index in [1.165, 1.54) is 0 Å². The lowest BCUT2D eigenvalue weighted by atomic mass is 10.1. The maximum atomic E-state index is 12.4. The molecule has 2 aromatic carbocycles. The summed E-state index contributed by atoms with van der Waals surface area (Å²) in [6, 6.07) is 14.2. The van der Waals surface area contributed by atoms with Crippen LogP contribution in [-0.2, 0) is 4.79 Å². The first kappa shape index (κ1) is 14.9. The van der Waals surface area contributed by atoms with Crippen molar-refractivity contribution in [3.05, 3.63) is 55.1 Å². The second kappa shape index (κ2) is 6.36. The predicted molar refractivity (Wildman–Crippen MR) is 94.6 cm³/mol. The van der Waals surface area contributed by atoms with Crippen LogP contribution < -0.4 is 0 Å². The summed E-state index contributed by atoms with van der Waals surface area (Å²) >= 11 is 1.55. The summed E-state index contributed by atoms with van der Waals surface area (Å²) in [5.74, 6) is 0.131. The van der Waals surface area contributed by atoms with E-state index < -0.39 is 0 Å². The molecule has 0 bridgehead atoms. The summed E-state index contributed by atoms with van der Waals surface area (Å²) in [5.41, 5.74) is 0.902. The molecule has 1 atom stereocenters. The number of hydrogen-bond acceptors (Lipinski definition) is 3. The van der Waals surface area contributed by atoms with Crippen LogP contribution in [0.4, 0.5) is 5.69 Å². The van der Waals surface area contributed by atoms with E-state index in [-0.39, 0.29) is 11.2 Å². The monoisotopic (exact) mass is 310 g/mol. The molecule has 0 aromatic heterocycles. The van der Waals surface area contributed by atoms with Crippen LogP contribution in [0.2, 0.25) is 0 Å². The van der Waals surface area contributed by atoms with E-state index in [0.717, 1.165) is 28.0 Å². The van der Waals surface area contributed by atoms with E-state index in [1.807, 2.05) is 31.2 Å². The Morgan fingerprint density at radius 3 is 2.82 bits per heavy atom. The van der Waals surface area contributed by atoms with Gasteiger partial charge in [-0.2, -0.15) is 0 Å². The van der Waals surface area contributed by atoms with Gasteiger partial charge in [-0.15, -0.1) is 6.58 Å². The predicted octanol–water partition coefficient (Wildman–Crippen LogP) is 4.37. The number of amidine groups is 1. The number of hydrogen-bond donors (Lipinski definition) is 0. The highest BCUT2D eigenvalue weighted by atomic mass is 32.2. The Labute approximate surface area is 134 Å². The van der Waals surface area contributed by atoms with Crippen LogP contribution in [0.25, 0.3) is 10.8 Å². The molecule has 0 radical (unpaired) electrons. The summed E-state index contributed by atoms with van der Waals surface area (Å²) in [5, 5.41) is 2.99. The molecule has 1 amide bonds. The molecular weight excluding hydrogens is 292 g/mol. The van der Waals surface area contributed by atoms with Crippen LogP contribution in [0.1, 0.15) is 13.3 Å². The Hall–Kier alpha value is -2.07. The minimum atomic E-state index is -0.0336. The molecule has 112 valence electrons. The largest absolute Gasteiger partial charge is 0.286 e. The van der Waals surface area contributed by atoms with Crippen LogP contribution in [0.3, 0.4) is 0 Å². The molecule has 3 nitrogen and oxygen atoms in total. The number of carbonyl (C=O) groups excluding carboxylic acids is 1. The first-order chi connectivity index (χ1) is 10.7. The van der Waals surface area contributed by atoms with Gasteiger partial charge in [-0.05, 0) is 17.9 Å². The van der Waals surface area contributed by atoms with Gasteiger partial charge in [0.15, 0.2) is 5.17 Å². The third-order valence-electron chi connectivity index (χ3n) is 3.69. The van der Waals surface area contributed by atoms with Crippen molar-refractivity contribution >= 4 is 39.3 Å². The highest BCUT2D eigenvalue weighted by Gasteiger charge is 2.36. The summed E-state index contributed by atoms with van der Waals surface area (Å²) in [4.78, 5) is 18.9. The molecule has 0 N–H and O–H groups in total. The first-order valence-electron chi connectivity index (χ1n) is 7.40. The summed E-state index contributed by atoms with van der Waals surface area (Å²) < 4.78 is 0. The molecule has 1 aliphatic rings. The van der Waals surface area contributed by atoms with Gasteiger partial charge < -0.3 is 0 Å². The molecule has 1 saturated heterocycles. The lowest BCUT2D eigenvalue weighted by Crippen LogP contribution is -2.31. The second-order valence-corrected chi connectivity index (χ2v) is 6.31. The fourth-order valence-corrected chi connectivity index (χ4v) is 3.65. The van der Waals surface area contributed by atoms with Crippen molar-refractivity contribution in [3.8, 4) is 0 Å². The molecular formula is C18H18N2OS. The summed E-state index contributed by atoms with van der Waals surface area (Å²) in [7, 11) is 0. The molecule has 4 heteroatoms. The van der Waals surface area contributed by atoms with Crippen molar-refractivity contribution in [1.29, 1.82) is 0 Å². The summed E-state index contributed by atoms with van der Waals surface area (Å²) in [6.45, 7) is 6.28. The minimum Gasteiger partial charge on any atom is -0.286 e. The van der Waals surface area contributed by atoms with Crippen molar-refractivity contribution in [2.24, 2.45) is 4.99 Å². The van der Waals surface area contributed by atoms with Gasteiger partial charge in [0.25, 0.3) is 0 Å². The minimum absolute atomic E-state index is 0.0336. The zero-order valence-corrected chi connectivity index (χ0v) is 13.3. The Balaban J connectivity index is 2.05. The van der Waals surface area contributed by atoms with Crippen LogP contribution in [0.5, 0.6) is 0 Å². The van der Waals surface area contributed by atoms with E-state index in [0.29, 0.717) is 6.54 Å². The van der Waals surface area contributed by atoms with Crippen molar-refractivity contribution in [1.82, 2.24) is 4.90 Å². The SMILES string of the molecule is C=CCN1C(=O)C(CC)SC1=Nc1cccc2ccccc12. The molecule has 3 rings (SSSR count). The molecule has 0 spiro atoms. The summed E-state index contributed by atoms with van der Waals surface area (Å²) in [6.07, 6.45) is 2.56. The van der Waals surface area contributed by atoms with Gasteiger partial charge in [-0.1, -0.05) is 61.2 Å². The fourth-order valence-electron chi connectivity index (χ4n) is 2.56. The smallest absolute Gasteiger partial charge is 0.242 e. The van der Waals surface area contributed by atoms with Gasteiger partial charge >= 0.3 is 0 Å². The maximum Gasteiger partial charge on any atom is 0.242 e.